The Bertz CT molecular complexity index is 410. The molecule has 5 heteroatoms. The number of benzene rings is 1. The zero-order valence-corrected chi connectivity index (χ0v) is 11.1. The van der Waals surface area contributed by atoms with Crippen molar-refractivity contribution in [3.05, 3.63) is 35.9 Å². The summed E-state index contributed by atoms with van der Waals surface area (Å²) in [5, 5.41) is 12.2. The molecule has 2 N–H and O–H groups in total. The van der Waals surface area contributed by atoms with Gasteiger partial charge in [-0.05, 0) is 19.0 Å². The van der Waals surface area contributed by atoms with E-state index in [1.165, 1.54) is 0 Å². The Labute approximate surface area is 113 Å². The first-order valence-corrected chi connectivity index (χ1v) is 6.48. The van der Waals surface area contributed by atoms with Crippen LogP contribution in [0.5, 0.6) is 0 Å². The van der Waals surface area contributed by atoms with Gasteiger partial charge in [-0.1, -0.05) is 30.3 Å². The molecule has 2 atom stereocenters. The Balaban J connectivity index is 1.68. The number of aliphatic hydroxyl groups is 1. The number of hydrogen-bond acceptors (Lipinski definition) is 4. The lowest BCUT2D eigenvalue weighted by molar-refractivity contribution is 0.136. The molecule has 0 aliphatic carbocycles. The van der Waals surface area contributed by atoms with E-state index < -0.39 is 6.09 Å². The summed E-state index contributed by atoms with van der Waals surface area (Å²) >= 11 is 0. The minimum Gasteiger partial charge on any atom is -0.445 e. The number of ether oxygens (including phenoxy) is 1. The maximum atomic E-state index is 11.5. The van der Waals surface area contributed by atoms with E-state index in [1.54, 1.807) is 0 Å². The lowest BCUT2D eigenvalue weighted by atomic mass is 10.2. The average molecular weight is 264 g/mol. The number of β-amino-alcohol motifs (C(OH)–C–C–N with tert-alkyl or cyclic N) is 1. The summed E-state index contributed by atoms with van der Waals surface area (Å²) in [6, 6.07) is 9.74. The van der Waals surface area contributed by atoms with Crippen molar-refractivity contribution in [2.45, 2.75) is 25.2 Å². The van der Waals surface area contributed by atoms with Crippen molar-refractivity contribution in [1.82, 2.24) is 10.2 Å². The zero-order valence-electron chi connectivity index (χ0n) is 11.1. The molecule has 1 saturated heterocycles. The number of hydrogen-bond donors (Lipinski definition) is 2. The molecule has 1 aliphatic rings. The highest BCUT2D eigenvalue weighted by atomic mass is 16.5. The van der Waals surface area contributed by atoms with E-state index in [0.717, 1.165) is 5.56 Å². The Hall–Kier alpha value is -1.59. The van der Waals surface area contributed by atoms with Crippen molar-refractivity contribution >= 4 is 6.09 Å². The summed E-state index contributed by atoms with van der Waals surface area (Å²) in [7, 11) is 1.94. The first kappa shape index (κ1) is 13.8. The van der Waals surface area contributed by atoms with Crippen LogP contribution >= 0.6 is 0 Å². The van der Waals surface area contributed by atoms with Crippen LogP contribution in [0.2, 0.25) is 0 Å². The fraction of sp³-hybridized carbons (Fsp3) is 0.500. The van der Waals surface area contributed by atoms with Gasteiger partial charge in [0.05, 0.1) is 6.10 Å². The van der Waals surface area contributed by atoms with Crippen LogP contribution in [0.3, 0.4) is 0 Å². The number of nitrogens with zero attached hydrogens (tertiary/aromatic N) is 1. The first-order valence-electron chi connectivity index (χ1n) is 6.48. The summed E-state index contributed by atoms with van der Waals surface area (Å²) in [5.41, 5.74) is 0.964. The van der Waals surface area contributed by atoms with E-state index in [0.29, 0.717) is 19.5 Å². The molecule has 0 aromatic heterocycles. The number of alkyl carbamates (subject to hydrolysis) is 1. The highest BCUT2D eigenvalue weighted by Crippen LogP contribution is 2.14. The molecule has 1 amide bonds. The standard InChI is InChI=1S/C14H20N2O3/c1-16-9-13(17)7-12(16)8-15-14(18)19-10-11-5-3-2-4-6-11/h2-6,12-13,17H,7-10H2,1H3,(H,15,18). The highest BCUT2D eigenvalue weighted by Gasteiger charge is 2.28. The molecule has 0 bridgehead atoms. The van der Waals surface area contributed by atoms with Crippen molar-refractivity contribution in [3.63, 3.8) is 0 Å². The molecule has 1 heterocycles. The number of rotatable bonds is 4. The van der Waals surface area contributed by atoms with Crippen molar-refractivity contribution in [3.8, 4) is 0 Å². The molecule has 104 valence electrons. The minimum atomic E-state index is -0.418. The van der Waals surface area contributed by atoms with Gasteiger partial charge in [-0.15, -0.1) is 0 Å². The number of likely N-dealkylation sites (N-methyl/N-ethyl adjacent to an activating group) is 1. The van der Waals surface area contributed by atoms with Crippen LogP contribution in [0.1, 0.15) is 12.0 Å². The molecule has 0 radical (unpaired) electrons. The predicted molar refractivity (Wildman–Crippen MR) is 71.7 cm³/mol. The van der Waals surface area contributed by atoms with Crippen molar-refractivity contribution in [1.29, 1.82) is 0 Å². The van der Waals surface area contributed by atoms with Crippen LogP contribution in [0.25, 0.3) is 0 Å². The Morgan fingerprint density at radius 3 is 2.84 bits per heavy atom. The third-order valence-corrected chi connectivity index (χ3v) is 3.36. The van der Waals surface area contributed by atoms with Gasteiger partial charge in [0.25, 0.3) is 0 Å². The molecule has 2 unspecified atom stereocenters. The molecule has 1 fully saturated rings. The minimum absolute atomic E-state index is 0.180. The van der Waals surface area contributed by atoms with Gasteiger partial charge in [-0.25, -0.2) is 4.79 Å². The number of nitrogens with one attached hydrogen (secondary N) is 1. The fourth-order valence-electron chi connectivity index (χ4n) is 2.26. The van der Waals surface area contributed by atoms with E-state index in [1.807, 2.05) is 42.3 Å². The molecule has 2 rings (SSSR count). The molecule has 1 aromatic rings. The topological polar surface area (TPSA) is 61.8 Å². The van der Waals surface area contributed by atoms with E-state index in [-0.39, 0.29) is 18.8 Å². The second-order valence-electron chi connectivity index (χ2n) is 4.93. The van der Waals surface area contributed by atoms with Crippen molar-refractivity contribution in [2.75, 3.05) is 20.1 Å². The zero-order chi connectivity index (χ0) is 13.7. The molecule has 0 saturated carbocycles. The quantitative estimate of drug-likeness (QED) is 0.851. The molecule has 5 nitrogen and oxygen atoms in total. The Kier molecular flexibility index (Phi) is 4.76. The van der Waals surface area contributed by atoms with Gasteiger partial charge in [-0.3, -0.25) is 4.90 Å². The van der Waals surface area contributed by atoms with E-state index in [9.17, 15) is 9.90 Å². The second-order valence-corrected chi connectivity index (χ2v) is 4.93. The van der Waals surface area contributed by atoms with Gasteiger partial charge in [-0.2, -0.15) is 0 Å². The number of aliphatic hydroxyl groups excluding tert-OH is 1. The van der Waals surface area contributed by atoms with Crippen LogP contribution in [-0.2, 0) is 11.3 Å². The largest absolute Gasteiger partial charge is 0.445 e. The smallest absolute Gasteiger partial charge is 0.407 e. The molecule has 1 aliphatic heterocycles. The first-order chi connectivity index (χ1) is 9.15. The van der Waals surface area contributed by atoms with Crippen LogP contribution in [0.15, 0.2) is 30.3 Å². The maximum Gasteiger partial charge on any atom is 0.407 e. The summed E-state index contributed by atoms with van der Waals surface area (Å²) in [4.78, 5) is 13.6. The molecular weight excluding hydrogens is 244 g/mol. The lowest BCUT2D eigenvalue weighted by Gasteiger charge is -2.19. The van der Waals surface area contributed by atoms with Gasteiger partial charge < -0.3 is 15.2 Å². The SMILES string of the molecule is CN1CC(O)CC1CNC(=O)OCc1ccccc1. The summed E-state index contributed by atoms with van der Waals surface area (Å²) in [5.74, 6) is 0. The number of carbonyl (C=O) groups excluding carboxylic acids is 1. The molecule has 1 aromatic carbocycles. The summed E-state index contributed by atoms with van der Waals surface area (Å²) in [6.07, 6.45) is -0.0223. The second kappa shape index (κ2) is 6.54. The lowest BCUT2D eigenvalue weighted by Crippen LogP contribution is -2.38. The predicted octanol–water partition coefficient (Wildman–Crippen LogP) is 0.978. The van der Waals surface area contributed by atoms with Crippen molar-refractivity contribution < 1.29 is 14.6 Å². The van der Waals surface area contributed by atoms with E-state index in [2.05, 4.69) is 5.32 Å². The van der Waals surface area contributed by atoms with Gasteiger partial charge in [0.1, 0.15) is 6.61 Å². The van der Waals surface area contributed by atoms with Crippen LogP contribution in [0.4, 0.5) is 4.79 Å². The summed E-state index contributed by atoms with van der Waals surface area (Å²) in [6.45, 7) is 1.43. The van der Waals surface area contributed by atoms with Gasteiger partial charge >= 0.3 is 6.09 Å². The van der Waals surface area contributed by atoms with Crippen molar-refractivity contribution in [2.24, 2.45) is 0 Å². The normalized spacial score (nSPS) is 23.3. The van der Waals surface area contributed by atoms with Gasteiger partial charge in [0.2, 0.25) is 0 Å². The Morgan fingerprint density at radius 2 is 2.21 bits per heavy atom. The fourth-order valence-corrected chi connectivity index (χ4v) is 2.26. The third-order valence-electron chi connectivity index (χ3n) is 3.36. The third kappa shape index (κ3) is 4.22. The monoisotopic (exact) mass is 264 g/mol. The number of carbonyl (C=O) groups is 1. The van der Waals surface area contributed by atoms with Gasteiger partial charge in [0.15, 0.2) is 0 Å². The molecule has 19 heavy (non-hydrogen) atoms. The van der Waals surface area contributed by atoms with Crippen LogP contribution in [0, 0.1) is 0 Å². The highest BCUT2D eigenvalue weighted by molar-refractivity contribution is 5.67. The average Bonchev–Trinajstić information content (AvgIpc) is 2.73. The Morgan fingerprint density at radius 1 is 1.47 bits per heavy atom. The summed E-state index contributed by atoms with van der Waals surface area (Å²) < 4.78 is 5.12. The van der Waals surface area contributed by atoms with E-state index >= 15 is 0 Å². The van der Waals surface area contributed by atoms with E-state index in [4.69, 9.17) is 4.74 Å². The van der Waals surface area contributed by atoms with Crippen LogP contribution in [-0.4, -0.2) is 48.4 Å². The van der Waals surface area contributed by atoms with Crippen LogP contribution < -0.4 is 5.32 Å². The molecule has 0 spiro atoms. The maximum absolute atomic E-state index is 11.5. The van der Waals surface area contributed by atoms with Gasteiger partial charge in [0, 0.05) is 19.1 Å². The molecular formula is C14H20N2O3. The number of amides is 1. The number of likely N-dealkylation sites (tertiary alicyclic amines) is 1.